The van der Waals surface area contributed by atoms with E-state index in [-0.39, 0.29) is 17.9 Å². The van der Waals surface area contributed by atoms with Gasteiger partial charge in [0.05, 0.1) is 6.21 Å². The summed E-state index contributed by atoms with van der Waals surface area (Å²) in [6, 6.07) is 6.79. The molecule has 11 heteroatoms. The third-order valence-corrected chi connectivity index (χ3v) is 3.64. The number of alkyl halides is 7. The zero-order valence-electron chi connectivity index (χ0n) is 13.8. The molecule has 0 bridgehead atoms. The lowest BCUT2D eigenvalue weighted by molar-refractivity contribution is -0.361. The monoisotopic (exact) mass is 428 g/mol. The fourth-order valence-corrected chi connectivity index (χ4v) is 2.02. The van der Waals surface area contributed by atoms with Crippen molar-refractivity contribution in [1.29, 1.82) is 0 Å². The molecule has 3 nitrogen and oxygen atoms in total. The van der Waals surface area contributed by atoms with Gasteiger partial charge in [0.1, 0.15) is 12.4 Å². The molecule has 1 N–H and O–H groups in total. The van der Waals surface area contributed by atoms with Gasteiger partial charge in [-0.3, -0.25) is 0 Å². The standard InChI is InChI=1S/C17H12ClF7N2O/c18-13-7-5-11(6-8-13)10-28-14-4-2-1-3-12(14)9-26-27-17(24,25)15(19,20)16(21,22)23/h1-9,27H,10H2/b26-9-. The molecule has 0 aliphatic heterocycles. The van der Waals surface area contributed by atoms with E-state index < -0.39 is 18.1 Å². The van der Waals surface area contributed by atoms with Crippen LogP contribution < -0.4 is 10.2 Å². The van der Waals surface area contributed by atoms with E-state index in [1.807, 2.05) is 0 Å². The van der Waals surface area contributed by atoms with E-state index in [1.54, 1.807) is 30.3 Å². The van der Waals surface area contributed by atoms with Crippen molar-refractivity contribution in [3.63, 3.8) is 0 Å². The van der Waals surface area contributed by atoms with Gasteiger partial charge in [0, 0.05) is 10.6 Å². The first kappa shape index (κ1) is 21.8. The molecule has 0 aromatic heterocycles. The number of para-hydroxylation sites is 1. The van der Waals surface area contributed by atoms with Crippen molar-refractivity contribution in [3.05, 3.63) is 64.7 Å². The molecule has 0 radical (unpaired) electrons. The lowest BCUT2D eigenvalue weighted by Gasteiger charge is -2.27. The van der Waals surface area contributed by atoms with E-state index in [0.717, 1.165) is 5.56 Å². The summed E-state index contributed by atoms with van der Waals surface area (Å²) in [5.41, 5.74) is 1.36. The van der Waals surface area contributed by atoms with Crippen molar-refractivity contribution in [1.82, 2.24) is 5.43 Å². The number of nitrogens with one attached hydrogen (secondary N) is 1. The molecule has 152 valence electrons. The highest BCUT2D eigenvalue weighted by atomic mass is 35.5. The van der Waals surface area contributed by atoms with Crippen molar-refractivity contribution in [2.24, 2.45) is 5.10 Å². The summed E-state index contributed by atoms with van der Waals surface area (Å²) in [7, 11) is 0. The van der Waals surface area contributed by atoms with Gasteiger partial charge in [0.2, 0.25) is 0 Å². The smallest absolute Gasteiger partial charge is 0.462 e. The number of hydrogen-bond donors (Lipinski definition) is 1. The van der Waals surface area contributed by atoms with E-state index >= 15 is 0 Å². The Morgan fingerprint density at radius 2 is 1.54 bits per heavy atom. The van der Waals surface area contributed by atoms with Crippen LogP contribution in [-0.4, -0.2) is 24.4 Å². The first-order valence-corrected chi connectivity index (χ1v) is 7.91. The fraction of sp³-hybridized carbons (Fsp3) is 0.235. The second kappa shape index (κ2) is 8.26. The molecular formula is C17H12ClF7N2O. The first-order chi connectivity index (χ1) is 12.9. The van der Waals surface area contributed by atoms with Gasteiger partial charge in [-0.25, -0.2) is 5.43 Å². The van der Waals surface area contributed by atoms with Crippen LogP contribution in [0.3, 0.4) is 0 Å². The largest absolute Gasteiger partial charge is 0.488 e. The van der Waals surface area contributed by atoms with Crippen LogP contribution in [0.4, 0.5) is 30.7 Å². The molecule has 28 heavy (non-hydrogen) atoms. The number of rotatable bonds is 7. The van der Waals surface area contributed by atoms with Gasteiger partial charge in [-0.2, -0.15) is 35.8 Å². The van der Waals surface area contributed by atoms with Crippen LogP contribution in [0.5, 0.6) is 5.75 Å². The molecule has 2 aromatic rings. The van der Waals surface area contributed by atoms with E-state index in [0.29, 0.717) is 16.7 Å². The normalized spacial score (nSPS) is 13.0. The van der Waals surface area contributed by atoms with Gasteiger partial charge in [0.25, 0.3) is 0 Å². The minimum absolute atomic E-state index is 0.0672. The summed E-state index contributed by atoms with van der Waals surface area (Å²) >= 11 is 5.76. The molecule has 0 fully saturated rings. The number of halogens is 8. The van der Waals surface area contributed by atoms with Gasteiger partial charge >= 0.3 is 18.1 Å². The number of ether oxygens (including phenoxy) is 1. The van der Waals surface area contributed by atoms with Gasteiger partial charge in [0.15, 0.2) is 0 Å². The minimum atomic E-state index is -6.45. The molecule has 0 atom stereocenters. The highest BCUT2D eigenvalue weighted by Gasteiger charge is 2.73. The summed E-state index contributed by atoms with van der Waals surface area (Å²) in [6.45, 7) is 0.0672. The van der Waals surface area contributed by atoms with Gasteiger partial charge in [-0.15, -0.1) is 0 Å². The Bertz CT molecular complexity index is 823. The van der Waals surface area contributed by atoms with E-state index in [2.05, 4.69) is 5.10 Å². The maximum absolute atomic E-state index is 13.2. The second-order valence-corrected chi connectivity index (χ2v) is 5.91. The topological polar surface area (TPSA) is 33.6 Å². The van der Waals surface area contributed by atoms with Crippen molar-refractivity contribution in [2.75, 3.05) is 0 Å². The third kappa shape index (κ3) is 5.06. The number of nitrogens with zero attached hydrogens (tertiary/aromatic N) is 1. The van der Waals surface area contributed by atoms with Crippen LogP contribution in [0.25, 0.3) is 0 Å². The molecule has 0 amide bonds. The van der Waals surface area contributed by atoms with Crippen LogP contribution in [-0.2, 0) is 6.61 Å². The summed E-state index contributed by atoms with van der Waals surface area (Å²) in [4.78, 5) is 0. The van der Waals surface area contributed by atoms with E-state index in [1.165, 1.54) is 18.2 Å². The van der Waals surface area contributed by atoms with Crippen molar-refractivity contribution in [2.45, 2.75) is 24.8 Å². The summed E-state index contributed by atoms with van der Waals surface area (Å²) in [5, 5.41) is 3.33. The number of hydrazone groups is 1. The molecule has 0 aliphatic rings. The highest BCUT2D eigenvalue weighted by molar-refractivity contribution is 6.30. The van der Waals surface area contributed by atoms with Crippen molar-refractivity contribution >= 4 is 17.8 Å². The van der Waals surface area contributed by atoms with Crippen LogP contribution in [0.1, 0.15) is 11.1 Å². The fourth-order valence-electron chi connectivity index (χ4n) is 1.89. The maximum atomic E-state index is 13.2. The Labute approximate surface area is 159 Å². The van der Waals surface area contributed by atoms with Crippen LogP contribution >= 0.6 is 11.6 Å². The lowest BCUT2D eigenvalue weighted by atomic mass is 10.2. The van der Waals surface area contributed by atoms with Crippen LogP contribution in [0.2, 0.25) is 5.02 Å². The molecule has 0 saturated heterocycles. The third-order valence-electron chi connectivity index (χ3n) is 3.39. The summed E-state index contributed by atoms with van der Waals surface area (Å²) in [6.07, 6.45) is -5.80. The lowest BCUT2D eigenvalue weighted by Crippen LogP contribution is -2.58. The number of hydrogen-bond acceptors (Lipinski definition) is 3. The molecule has 0 spiro atoms. The average molecular weight is 429 g/mol. The van der Waals surface area contributed by atoms with Crippen LogP contribution in [0, 0.1) is 0 Å². The number of benzene rings is 2. The highest BCUT2D eigenvalue weighted by Crippen LogP contribution is 2.45. The Hall–Kier alpha value is -2.49. The summed E-state index contributed by atoms with van der Waals surface area (Å²) in [5.74, 6) is -6.16. The quantitative estimate of drug-likeness (QED) is 0.268. The van der Waals surface area contributed by atoms with Crippen LogP contribution in [0.15, 0.2) is 53.6 Å². The first-order valence-electron chi connectivity index (χ1n) is 7.53. The van der Waals surface area contributed by atoms with E-state index in [4.69, 9.17) is 16.3 Å². The predicted molar refractivity (Wildman–Crippen MR) is 88.9 cm³/mol. The molecular weight excluding hydrogens is 417 g/mol. The van der Waals surface area contributed by atoms with Crippen molar-refractivity contribution in [3.8, 4) is 5.75 Å². The second-order valence-electron chi connectivity index (χ2n) is 5.47. The molecule has 0 unspecified atom stereocenters. The van der Waals surface area contributed by atoms with E-state index in [9.17, 15) is 30.7 Å². The van der Waals surface area contributed by atoms with Gasteiger partial charge < -0.3 is 4.74 Å². The molecule has 0 aliphatic carbocycles. The predicted octanol–water partition coefficient (Wildman–Crippen LogP) is 5.63. The average Bonchev–Trinajstić information content (AvgIpc) is 2.61. The molecule has 0 heterocycles. The molecule has 0 saturated carbocycles. The molecule has 2 aromatic carbocycles. The Kier molecular flexibility index (Phi) is 6.43. The molecule has 2 rings (SSSR count). The zero-order chi connectivity index (χ0) is 21.0. The SMILES string of the molecule is FC(F)(F)C(F)(F)C(F)(F)N/N=C\c1ccccc1OCc1ccc(Cl)cc1. The summed E-state index contributed by atoms with van der Waals surface area (Å²) < 4.78 is 93.7. The van der Waals surface area contributed by atoms with Gasteiger partial charge in [-0.05, 0) is 29.8 Å². The van der Waals surface area contributed by atoms with Crippen molar-refractivity contribution < 1.29 is 35.5 Å². The Morgan fingerprint density at radius 1 is 0.929 bits per heavy atom. The maximum Gasteiger partial charge on any atom is 0.462 e. The minimum Gasteiger partial charge on any atom is -0.488 e. The zero-order valence-corrected chi connectivity index (χ0v) is 14.5. The Morgan fingerprint density at radius 3 is 2.14 bits per heavy atom. The Balaban J connectivity index is 2.09. The van der Waals surface area contributed by atoms with Gasteiger partial charge in [-0.1, -0.05) is 35.9 Å².